The third-order valence-electron chi connectivity index (χ3n) is 3.50. The predicted molar refractivity (Wildman–Crippen MR) is 76.3 cm³/mol. The fourth-order valence-corrected chi connectivity index (χ4v) is 3.72. The Morgan fingerprint density at radius 1 is 1.32 bits per heavy atom. The monoisotopic (exact) mass is 282 g/mol. The van der Waals surface area contributed by atoms with Gasteiger partial charge in [0.25, 0.3) is 0 Å². The molecular formula is C14H22N2O2S. The number of hydrogen-bond donors (Lipinski definition) is 2. The molecule has 1 aliphatic carbocycles. The minimum Gasteiger partial charge on any atom is -0.313 e. The summed E-state index contributed by atoms with van der Waals surface area (Å²) in [5.41, 5.74) is 0.819. The van der Waals surface area contributed by atoms with Crippen LogP contribution in [0.5, 0.6) is 0 Å². The molecule has 0 bridgehead atoms. The molecule has 0 spiro atoms. The van der Waals surface area contributed by atoms with E-state index in [0.717, 1.165) is 24.9 Å². The molecule has 1 fully saturated rings. The van der Waals surface area contributed by atoms with E-state index in [9.17, 15) is 8.42 Å². The standard InChI is InChI=1S/C14H22N2O2S/c1-3-15-10-13-6-4-5-7-14(13)19(17,18)16-11(2)12-8-9-12/h4-7,11-12,15-16H,3,8-10H2,1-2H3. The van der Waals surface area contributed by atoms with E-state index in [2.05, 4.69) is 10.0 Å². The maximum atomic E-state index is 12.4. The highest BCUT2D eigenvalue weighted by Gasteiger charge is 2.31. The molecule has 1 aromatic rings. The van der Waals surface area contributed by atoms with Crippen LogP contribution in [0.15, 0.2) is 29.2 Å². The van der Waals surface area contributed by atoms with Gasteiger partial charge in [-0.05, 0) is 43.9 Å². The van der Waals surface area contributed by atoms with Crippen LogP contribution in [0.4, 0.5) is 0 Å². The average molecular weight is 282 g/mol. The Labute approximate surface area is 115 Å². The van der Waals surface area contributed by atoms with E-state index in [1.807, 2.05) is 26.0 Å². The Bertz CT molecular complexity index is 524. The van der Waals surface area contributed by atoms with Crippen molar-refractivity contribution in [2.24, 2.45) is 5.92 Å². The smallest absolute Gasteiger partial charge is 0.241 e. The lowest BCUT2D eigenvalue weighted by atomic mass is 10.2. The van der Waals surface area contributed by atoms with Gasteiger partial charge in [-0.2, -0.15) is 0 Å². The molecule has 4 nitrogen and oxygen atoms in total. The fraction of sp³-hybridized carbons (Fsp3) is 0.571. The quantitative estimate of drug-likeness (QED) is 0.802. The summed E-state index contributed by atoms with van der Waals surface area (Å²) in [7, 11) is -3.42. The van der Waals surface area contributed by atoms with E-state index < -0.39 is 10.0 Å². The van der Waals surface area contributed by atoms with Crippen molar-refractivity contribution in [2.75, 3.05) is 6.54 Å². The number of rotatable bonds is 7. The Kier molecular flexibility index (Phi) is 4.60. The lowest BCUT2D eigenvalue weighted by Gasteiger charge is -2.16. The van der Waals surface area contributed by atoms with Gasteiger partial charge in [-0.15, -0.1) is 0 Å². The first-order chi connectivity index (χ1) is 9.04. The summed E-state index contributed by atoms with van der Waals surface area (Å²) in [5.74, 6) is 0.510. The average Bonchev–Trinajstić information content (AvgIpc) is 3.20. The molecule has 0 heterocycles. The summed E-state index contributed by atoms with van der Waals surface area (Å²) in [6.45, 7) is 5.35. The Morgan fingerprint density at radius 3 is 2.63 bits per heavy atom. The predicted octanol–water partition coefficient (Wildman–Crippen LogP) is 1.87. The molecular weight excluding hydrogens is 260 g/mol. The molecule has 1 saturated carbocycles. The largest absolute Gasteiger partial charge is 0.313 e. The molecule has 0 saturated heterocycles. The van der Waals surface area contributed by atoms with Crippen molar-refractivity contribution in [3.63, 3.8) is 0 Å². The van der Waals surface area contributed by atoms with Crippen LogP contribution in [-0.2, 0) is 16.6 Å². The second-order valence-corrected chi connectivity index (χ2v) is 6.82. The molecule has 1 atom stereocenters. The first kappa shape index (κ1) is 14.5. The zero-order valence-electron chi connectivity index (χ0n) is 11.5. The summed E-state index contributed by atoms with van der Waals surface area (Å²) in [6.07, 6.45) is 2.26. The first-order valence-electron chi connectivity index (χ1n) is 6.85. The third kappa shape index (κ3) is 3.78. The van der Waals surface area contributed by atoms with Gasteiger partial charge in [-0.1, -0.05) is 25.1 Å². The lowest BCUT2D eigenvalue weighted by molar-refractivity contribution is 0.536. The second kappa shape index (κ2) is 6.03. The van der Waals surface area contributed by atoms with Crippen molar-refractivity contribution >= 4 is 10.0 Å². The number of hydrogen-bond acceptors (Lipinski definition) is 3. The van der Waals surface area contributed by atoms with E-state index in [4.69, 9.17) is 0 Å². The molecule has 0 radical (unpaired) electrons. The summed E-state index contributed by atoms with van der Waals surface area (Å²) in [4.78, 5) is 0.392. The van der Waals surface area contributed by atoms with E-state index >= 15 is 0 Å². The molecule has 19 heavy (non-hydrogen) atoms. The van der Waals surface area contributed by atoms with Crippen LogP contribution in [0.3, 0.4) is 0 Å². The number of benzene rings is 1. The lowest BCUT2D eigenvalue weighted by Crippen LogP contribution is -2.34. The van der Waals surface area contributed by atoms with E-state index in [1.165, 1.54) is 0 Å². The van der Waals surface area contributed by atoms with Crippen LogP contribution in [0.2, 0.25) is 0 Å². The van der Waals surface area contributed by atoms with Crippen LogP contribution < -0.4 is 10.0 Å². The molecule has 2 N–H and O–H groups in total. The van der Waals surface area contributed by atoms with Crippen LogP contribution >= 0.6 is 0 Å². The molecule has 0 aliphatic heterocycles. The van der Waals surface area contributed by atoms with E-state index in [0.29, 0.717) is 17.4 Å². The maximum Gasteiger partial charge on any atom is 0.241 e. The van der Waals surface area contributed by atoms with Crippen LogP contribution in [0.25, 0.3) is 0 Å². The van der Waals surface area contributed by atoms with Gasteiger partial charge in [-0.25, -0.2) is 13.1 Å². The normalized spacial score (nSPS) is 17.4. The first-order valence-corrected chi connectivity index (χ1v) is 8.34. The zero-order chi connectivity index (χ0) is 13.9. The van der Waals surface area contributed by atoms with Gasteiger partial charge < -0.3 is 5.32 Å². The molecule has 2 rings (SSSR count). The summed E-state index contributed by atoms with van der Waals surface area (Å²) in [6, 6.07) is 7.20. The minimum absolute atomic E-state index is 0.0252. The summed E-state index contributed by atoms with van der Waals surface area (Å²) >= 11 is 0. The fourth-order valence-electron chi connectivity index (χ4n) is 2.17. The van der Waals surface area contributed by atoms with Crippen molar-refractivity contribution in [3.8, 4) is 0 Å². The van der Waals surface area contributed by atoms with Crippen LogP contribution in [0.1, 0.15) is 32.3 Å². The SMILES string of the molecule is CCNCc1ccccc1S(=O)(=O)NC(C)C1CC1. The minimum atomic E-state index is -3.42. The van der Waals surface area contributed by atoms with Crippen molar-refractivity contribution in [2.45, 2.75) is 44.2 Å². The Morgan fingerprint density at radius 2 is 2.00 bits per heavy atom. The number of sulfonamides is 1. The highest BCUT2D eigenvalue weighted by atomic mass is 32.2. The van der Waals surface area contributed by atoms with Crippen LogP contribution in [-0.4, -0.2) is 21.0 Å². The second-order valence-electron chi connectivity index (χ2n) is 5.14. The highest BCUT2D eigenvalue weighted by molar-refractivity contribution is 7.89. The molecule has 1 aromatic carbocycles. The van der Waals surface area contributed by atoms with Crippen molar-refractivity contribution < 1.29 is 8.42 Å². The highest BCUT2D eigenvalue weighted by Crippen LogP contribution is 2.33. The Balaban J connectivity index is 2.18. The molecule has 0 amide bonds. The van der Waals surface area contributed by atoms with Gasteiger partial charge in [0.2, 0.25) is 10.0 Å². The molecule has 0 aromatic heterocycles. The van der Waals surface area contributed by atoms with Gasteiger partial charge in [0.1, 0.15) is 0 Å². The summed E-state index contributed by atoms with van der Waals surface area (Å²) in [5, 5.41) is 3.17. The van der Waals surface area contributed by atoms with Gasteiger partial charge >= 0.3 is 0 Å². The number of nitrogens with one attached hydrogen (secondary N) is 2. The maximum absolute atomic E-state index is 12.4. The van der Waals surface area contributed by atoms with Gasteiger partial charge in [0.05, 0.1) is 4.90 Å². The third-order valence-corrected chi connectivity index (χ3v) is 5.16. The Hall–Kier alpha value is -0.910. The van der Waals surface area contributed by atoms with Gasteiger partial charge in [0, 0.05) is 12.6 Å². The van der Waals surface area contributed by atoms with E-state index in [1.54, 1.807) is 12.1 Å². The zero-order valence-corrected chi connectivity index (χ0v) is 12.3. The van der Waals surface area contributed by atoms with E-state index in [-0.39, 0.29) is 6.04 Å². The van der Waals surface area contributed by atoms with Crippen molar-refractivity contribution in [1.82, 2.24) is 10.0 Å². The molecule has 5 heteroatoms. The van der Waals surface area contributed by atoms with Crippen LogP contribution in [0, 0.1) is 5.92 Å². The van der Waals surface area contributed by atoms with Crippen molar-refractivity contribution in [1.29, 1.82) is 0 Å². The van der Waals surface area contributed by atoms with Gasteiger partial charge in [-0.3, -0.25) is 0 Å². The van der Waals surface area contributed by atoms with Crippen molar-refractivity contribution in [3.05, 3.63) is 29.8 Å². The summed E-state index contributed by atoms with van der Waals surface area (Å²) < 4.78 is 27.6. The molecule has 1 aliphatic rings. The van der Waals surface area contributed by atoms with Gasteiger partial charge in [0.15, 0.2) is 0 Å². The molecule has 106 valence electrons. The molecule has 1 unspecified atom stereocenters. The topological polar surface area (TPSA) is 58.2 Å².